The van der Waals surface area contributed by atoms with Crippen molar-refractivity contribution in [3.63, 3.8) is 0 Å². The lowest BCUT2D eigenvalue weighted by atomic mass is 9.87. The number of nitrogens with one attached hydrogen (secondary N) is 1. The van der Waals surface area contributed by atoms with E-state index in [0.29, 0.717) is 17.0 Å². The lowest BCUT2D eigenvalue weighted by Crippen LogP contribution is -2.32. The van der Waals surface area contributed by atoms with Crippen LogP contribution in [-0.4, -0.2) is 29.9 Å². The third kappa shape index (κ3) is 6.24. The molecule has 0 aliphatic carbocycles. The van der Waals surface area contributed by atoms with E-state index in [0.717, 1.165) is 10.5 Å². The Morgan fingerprint density at radius 1 is 0.800 bits per heavy atom. The maximum Gasteiger partial charge on any atom is 0.343 e. The zero-order valence-electron chi connectivity index (χ0n) is 22.8. The van der Waals surface area contributed by atoms with Crippen molar-refractivity contribution >= 4 is 46.7 Å². The second kappa shape index (κ2) is 11.4. The van der Waals surface area contributed by atoms with Gasteiger partial charge in [0, 0.05) is 5.69 Å². The minimum Gasteiger partial charge on any atom is -0.459 e. The Morgan fingerprint density at radius 3 is 1.90 bits per heavy atom. The number of hydrogen-bond acceptors (Lipinski definition) is 7. The first-order valence-electron chi connectivity index (χ1n) is 12.6. The summed E-state index contributed by atoms with van der Waals surface area (Å²) in [7, 11) is 0. The van der Waals surface area contributed by atoms with Gasteiger partial charge in [-0.15, -0.1) is 0 Å². The van der Waals surface area contributed by atoms with E-state index in [1.165, 1.54) is 36.4 Å². The van der Waals surface area contributed by atoms with Crippen molar-refractivity contribution in [1.82, 2.24) is 0 Å². The highest BCUT2D eigenvalue weighted by Gasteiger charge is 2.39. The third-order valence-electron chi connectivity index (χ3n) is 6.05. The molecular formula is C31H29ClN2O6. The first-order chi connectivity index (χ1) is 18.8. The van der Waals surface area contributed by atoms with Crippen LogP contribution in [-0.2, 0) is 19.7 Å². The predicted octanol–water partition coefficient (Wildman–Crippen LogP) is 6.20. The molecule has 206 valence electrons. The van der Waals surface area contributed by atoms with E-state index in [2.05, 4.69) is 26.1 Å². The summed E-state index contributed by atoms with van der Waals surface area (Å²) in [5, 5.41) is 2.59. The van der Waals surface area contributed by atoms with Gasteiger partial charge in [-0.25, -0.2) is 14.5 Å². The van der Waals surface area contributed by atoms with Crippen LogP contribution in [0, 0.1) is 0 Å². The van der Waals surface area contributed by atoms with Gasteiger partial charge in [0.15, 0.2) is 0 Å². The van der Waals surface area contributed by atoms with Gasteiger partial charge in [0.05, 0.1) is 22.9 Å². The van der Waals surface area contributed by atoms with Gasteiger partial charge in [0.25, 0.3) is 11.8 Å². The highest BCUT2D eigenvalue weighted by atomic mass is 35.5. The molecule has 1 aliphatic heterocycles. The molecule has 4 rings (SSSR count). The van der Waals surface area contributed by atoms with Gasteiger partial charge >= 0.3 is 11.9 Å². The van der Waals surface area contributed by atoms with E-state index >= 15 is 0 Å². The number of amides is 2. The number of anilines is 2. The molecule has 0 bridgehead atoms. The van der Waals surface area contributed by atoms with Crippen molar-refractivity contribution in [1.29, 1.82) is 0 Å². The highest BCUT2D eigenvalue weighted by Crippen LogP contribution is 2.31. The molecule has 1 N–H and O–H groups in total. The zero-order chi connectivity index (χ0) is 29.2. The van der Waals surface area contributed by atoms with Gasteiger partial charge in [0.2, 0.25) is 0 Å². The average molecular weight is 561 g/mol. The molecule has 0 aromatic heterocycles. The largest absolute Gasteiger partial charge is 0.459 e. The fourth-order valence-electron chi connectivity index (χ4n) is 3.90. The van der Waals surface area contributed by atoms with Crippen LogP contribution >= 0.6 is 11.6 Å². The summed E-state index contributed by atoms with van der Waals surface area (Å²) in [6.45, 7) is 9.78. The van der Waals surface area contributed by atoms with Gasteiger partial charge < -0.3 is 14.8 Å². The lowest BCUT2D eigenvalue weighted by molar-refractivity contribution is -0.120. The summed E-state index contributed by atoms with van der Waals surface area (Å²) in [5.41, 5.74) is 2.28. The molecule has 0 atom stereocenters. The number of carbonyl (C=O) groups excluding carboxylic acids is 4. The summed E-state index contributed by atoms with van der Waals surface area (Å²) in [6, 6.07) is 19.5. The number of hydrogen-bond donors (Lipinski definition) is 1. The van der Waals surface area contributed by atoms with E-state index in [-0.39, 0.29) is 33.5 Å². The van der Waals surface area contributed by atoms with E-state index in [1.807, 2.05) is 12.1 Å². The van der Waals surface area contributed by atoms with E-state index in [4.69, 9.17) is 21.1 Å². The fraction of sp³-hybridized carbons (Fsp3) is 0.226. The van der Waals surface area contributed by atoms with Crippen molar-refractivity contribution in [3.8, 4) is 5.75 Å². The summed E-state index contributed by atoms with van der Waals surface area (Å²) in [5.74, 6) is -1.98. The Morgan fingerprint density at radius 2 is 1.35 bits per heavy atom. The predicted molar refractivity (Wildman–Crippen MR) is 153 cm³/mol. The second-order valence-corrected chi connectivity index (χ2v) is 10.9. The summed E-state index contributed by atoms with van der Waals surface area (Å²) < 4.78 is 10.6. The molecule has 0 fully saturated rings. The maximum absolute atomic E-state index is 13.1. The zero-order valence-corrected chi connectivity index (χ0v) is 23.5. The Kier molecular flexibility index (Phi) is 8.11. The van der Waals surface area contributed by atoms with Crippen LogP contribution in [0.5, 0.6) is 5.75 Å². The molecule has 0 unspecified atom stereocenters. The Hall–Kier alpha value is -4.43. The molecule has 3 aromatic rings. The molecule has 1 aliphatic rings. The number of esters is 2. The number of halogens is 1. The molecule has 0 saturated heterocycles. The second-order valence-electron chi connectivity index (χ2n) is 10.5. The molecule has 40 heavy (non-hydrogen) atoms. The molecule has 8 nitrogen and oxygen atoms in total. The molecule has 0 spiro atoms. The highest BCUT2D eigenvalue weighted by molar-refractivity contribution is 6.53. The van der Waals surface area contributed by atoms with Gasteiger partial charge in [-0.1, -0.05) is 44.5 Å². The molecule has 9 heteroatoms. The van der Waals surface area contributed by atoms with Crippen molar-refractivity contribution in [3.05, 3.63) is 100 Å². The summed E-state index contributed by atoms with van der Waals surface area (Å²) >= 11 is 6.23. The summed E-state index contributed by atoms with van der Waals surface area (Å²) in [4.78, 5) is 51.5. The van der Waals surface area contributed by atoms with Crippen LogP contribution in [0.2, 0.25) is 0 Å². The minimum atomic E-state index is -0.704. The van der Waals surface area contributed by atoms with Crippen LogP contribution < -0.4 is 15.0 Å². The monoisotopic (exact) mass is 560 g/mol. The van der Waals surface area contributed by atoms with Gasteiger partial charge in [0.1, 0.15) is 16.5 Å². The lowest BCUT2D eigenvalue weighted by Gasteiger charge is -2.19. The number of nitrogens with zero attached hydrogens (tertiary/aromatic N) is 1. The van der Waals surface area contributed by atoms with Crippen molar-refractivity contribution in [2.24, 2.45) is 0 Å². The average Bonchev–Trinajstić information content (AvgIpc) is 3.11. The van der Waals surface area contributed by atoms with Crippen LogP contribution in [0.15, 0.2) is 83.5 Å². The smallest absolute Gasteiger partial charge is 0.343 e. The maximum atomic E-state index is 13.1. The standard InChI is InChI=1S/C31H29ClN2O6/c1-18(2)39-29(37)20-8-14-23(15-9-20)34-27(35)25(32)26(28(34)36)33-22-12-6-19(7-13-22)30(38)40-24-16-10-21(11-17-24)31(3,4)5/h6-18,33H,1-5H3. The van der Waals surface area contributed by atoms with Crippen molar-refractivity contribution in [2.45, 2.75) is 46.1 Å². The summed E-state index contributed by atoms with van der Waals surface area (Å²) in [6.07, 6.45) is -0.281. The van der Waals surface area contributed by atoms with Crippen molar-refractivity contribution < 1.29 is 28.7 Å². The first kappa shape index (κ1) is 28.6. The number of rotatable bonds is 7. The minimum absolute atomic E-state index is 0.0142. The molecule has 3 aromatic carbocycles. The Balaban J connectivity index is 1.42. The molecular weight excluding hydrogens is 532 g/mol. The molecule has 2 amide bonds. The van der Waals surface area contributed by atoms with E-state index in [9.17, 15) is 19.2 Å². The van der Waals surface area contributed by atoms with Crippen LogP contribution in [0.3, 0.4) is 0 Å². The van der Waals surface area contributed by atoms with Crippen molar-refractivity contribution in [2.75, 3.05) is 10.2 Å². The van der Waals surface area contributed by atoms with Crippen LogP contribution in [0.25, 0.3) is 0 Å². The third-order valence-corrected chi connectivity index (χ3v) is 6.40. The number of carbonyl (C=O) groups is 4. The number of ether oxygens (including phenoxy) is 2. The number of imide groups is 1. The Labute approximate surface area is 237 Å². The number of benzene rings is 3. The first-order valence-corrected chi connectivity index (χ1v) is 13.0. The quantitative estimate of drug-likeness (QED) is 0.208. The normalized spacial score (nSPS) is 13.6. The SMILES string of the molecule is CC(C)OC(=O)c1ccc(N2C(=O)C(Cl)=C(Nc3ccc(C(=O)Oc4ccc(C(C)(C)C)cc4)cc3)C2=O)cc1. The van der Waals surface area contributed by atoms with Gasteiger partial charge in [-0.2, -0.15) is 0 Å². The molecule has 1 heterocycles. The van der Waals surface area contributed by atoms with E-state index in [1.54, 1.807) is 38.1 Å². The van der Waals surface area contributed by atoms with Crippen LogP contribution in [0.1, 0.15) is 60.9 Å². The van der Waals surface area contributed by atoms with Gasteiger partial charge in [-0.3, -0.25) is 9.59 Å². The topological polar surface area (TPSA) is 102 Å². The fourth-order valence-corrected chi connectivity index (χ4v) is 4.11. The molecule has 0 radical (unpaired) electrons. The van der Waals surface area contributed by atoms with Gasteiger partial charge in [-0.05, 0) is 85.5 Å². The van der Waals surface area contributed by atoms with E-state index < -0.39 is 23.8 Å². The Bertz CT molecular complexity index is 1480. The molecule has 0 saturated carbocycles. The van der Waals surface area contributed by atoms with Crippen LogP contribution in [0.4, 0.5) is 11.4 Å².